The van der Waals surface area contributed by atoms with Crippen LogP contribution in [0.1, 0.15) is 19.3 Å². The van der Waals surface area contributed by atoms with Crippen molar-refractivity contribution in [3.8, 4) is 0 Å². The molecule has 0 bridgehead atoms. The van der Waals surface area contributed by atoms with Gasteiger partial charge in [-0.3, -0.25) is 4.79 Å². The van der Waals surface area contributed by atoms with Crippen molar-refractivity contribution in [2.75, 3.05) is 13.6 Å². The molecule has 0 spiro atoms. The van der Waals surface area contributed by atoms with Gasteiger partial charge in [0.25, 0.3) is 5.91 Å². The van der Waals surface area contributed by atoms with Crippen LogP contribution in [0.2, 0.25) is 0 Å². The first-order chi connectivity index (χ1) is 5.77. The van der Waals surface area contributed by atoms with E-state index in [1.54, 1.807) is 4.90 Å². The molecule has 66 valence electrons. The molecule has 4 heteroatoms. The van der Waals surface area contributed by atoms with Crippen LogP contribution in [0.25, 0.3) is 0 Å². The standard InChI is InChI=1S/C8H13N3O/c1-11-5-4-7(8(11)12)10-9-6-2-3-6/h6,9H,2-5H2,1H3/b10-7+. The van der Waals surface area contributed by atoms with Gasteiger partial charge < -0.3 is 10.3 Å². The first-order valence-electron chi connectivity index (χ1n) is 4.35. The zero-order chi connectivity index (χ0) is 8.55. The fourth-order valence-corrected chi connectivity index (χ4v) is 1.19. The minimum atomic E-state index is 0.0724. The summed E-state index contributed by atoms with van der Waals surface area (Å²) in [4.78, 5) is 13.0. The Kier molecular flexibility index (Phi) is 1.75. The lowest BCUT2D eigenvalue weighted by Gasteiger charge is -2.03. The van der Waals surface area contributed by atoms with Crippen LogP contribution in [0, 0.1) is 0 Å². The summed E-state index contributed by atoms with van der Waals surface area (Å²) in [6, 6.07) is 0.538. The van der Waals surface area contributed by atoms with Gasteiger partial charge in [0.15, 0.2) is 0 Å². The number of nitrogens with one attached hydrogen (secondary N) is 1. The van der Waals surface area contributed by atoms with E-state index in [0.717, 1.165) is 13.0 Å². The Balaban J connectivity index is 1.93. The first-order valence-corrected chi connectivity index (χ1v) is 4.35. The third-order valence-corrected chi connectivity index (χ3v) is 2.24. The van der Waals surface area contributed by atoms with E-state index in [-0.39, 0.29) is 5.91 Å². The van der Waals surface area contributed by atoms with Crippen LogP contribution >= 0.6 is 0 Å². The lowest BCUT2D eigenvalue weighted by atomic mass is 10.3. The number of carbonyl (C=O) groups is 1. The summed E-state index contributed by atoms with van der Waals surface area (Å²) < 4.78 is 0. The lowest BCUT2D eigenvalue weighted by molar-refractivity contribution is -0.121. The van der Waals surface area contributed by atoms with Crippen LogP contribution in [-0.4, -0.2) is 36.2 Å². The van der Waals surface area contributed by atoms with Gasteiger partial charge in [-0.05, 0) is 12.8 Å². The van der Waals surface area contributed by atoms with Crippen LogP contribution in [-0.2, 0) is 4.79 Å². The molecule has 0 aromatic carbocycles. The van der Waals surface area contributed by atoms with Crippen LogP contribution in [0.4, 0.5) is 0 Å². The maximum atomic E-state index is 11.3. The predicted octanol–water partition coefficient (Wildman–Crippen LogP) is -0.0435. The number of hydrogen-bond donors (Lipinski definition) is 1. The fourth-order valence-electron chi connectivity index (χ4n) is 1.19. The summed E-state index contributed by atoms with van der Waals surface area (Å²) in [5.41, 5.74) is 3.67. The van der Waals surface area contributed by atoms with E-state index < -0.39 is 0 Å². The summed E-state index contributed by atoms with van der Waals surface area (Å²) >= 11 is 0. The van der Waals surface area contributed by atoms with E-state index in [2.05, 4.69) is 10.5 Å². The van der Waals surface area contributed by atoms with E-state index in [4.69, 9.17) is 0 Å². The van der Waals surface area contributed by atoms with Gasteiger partial charge in [0.2, 0.25) is 0 Å². The Labute approximate surface area is 71.6 Å². The number of rotatable bonds is 2. The molecule has 1 saturated carbocycles. The Morgan fingerprint density at radius 2 is 2.33 bits per heavy atom. The van der Waals surface area contributed by atoms with Gasteiger partial charge in [-0.25, -0.2) is 0 Å². The summed E-state index contributed by atoms with van der Waals surface area (Å²) in [7, 11) is 1.81. The minimum absolute atomic E-state index is 0.0724. The highest BCUT2D eigenvalue weighted by atomic mass is 16.2. The van der Waals surface area contributed by atoms with Crippen LogP contribution < -0.4 is 5.43 Å². The van der Waals surface area contributed by atoms with Crippen molar-refractivity contribution in [1.82, 2.24) is 10.3 Å². The minimum Gasteiger partial charge on any atom is -0.340 e. The Morgan fingerprint density at radius 1 is 1.58 bits per heavy atom. The zero-order valence-electron chi connectivity index (χ0n) is 7.21. The second kappa shape index (κ2) is 2.77. The van der Waals surface area contributed by atoms with Crippen molar-refractivity contribution >= 4 is 11.6 Å². The molecule has 12 heavy (non-hydrogen) atoms. The van der Waals surface area contributed by atoms with E-state index in [1.165, 1.54) is 12.8 Å². The molecule has 0 radical (unpaired) electrons. The summed E-state index contributed by atoms with van der Waals surface area (Å²) in [6.45, 7) is 0.810. The summed E-state index contributed by atoms with van der Waals surface area (Å²) in [5, 5.41) is 4.09. The monoisotopic (exact) mass is 167 g/mol. The third kappa shape index (κ3) is 1.42. The van der Waals surface area contributed by atoms with E-state index >= 15 is 0 Å². The average molecular weight is 167 g/mol. The van der Waals surface area contributed by atoms with Crippen LogP contribution in [0.5, 0.6) is 0 Å². The van der Waals surface area contributed by atoms with Gasteiger partial charge in [0.05, 0.1) is 0 Å². The molecule has 1 aliphatic heterocycles. The second-order valence-electron chi connectivity index (χ2n) is 3.44. The largest absolute Gasteiger partial charge is 0.340 e. The van der Waals surface area contributed by atoms with Gasteiger partial charge in [-0.15, -0.1) is 0 Å². The molecule has 1 saturated heterocycles. The Bertz CT molecular complexity index is 232. The first kappa shape index (κ1) is 7.58. The highest BCUT2D eigenvalue weighted by Gasteiger charge is 2.26. The summed E-state index contributed by atoms with van der Waals surface area (Å²) in [6.07, 6.45) is 3.18. The van der Waals surface area contributed by atoms with Crippen LogP contribution in [0.3, 0.4) is 0 Å². The number of carbonyl (C=O) groups excluding carboxylic acids is 1. The molecule has 1 N–H and O–H groups in total. The average Bonchev–Trinajstić information content (AvgIpc) is 2.82. The second-order valence-corrected chi connectivity index (χ2v) is 3.44. The van der Waals surface area contributed by atoms with Gasteiger partial charge in [0.1, 0.15) is 5.71 Å². The van der Waals surface area contributed by atoms with E-state index in [9.17, 15) is 4.79 Å². The molecule has 1 amide bonds. The predicted molar refractivity (Wildman–Crippen MR) is 45.8 cm³/mol. The van der Waals surface area contributed by atoms with E-state index in [1.807, 2.05) is 7.05 Å². The highest BCUT2D eigenvalue weighted by Crippen LogP contribution is 2.18. The smallest absolute Gasteiger partial charge is 0.269 e. The van der Waals surface area contributed by atoms with Crippen LogP contribution in [0.15, 0.2) is 5.10 Å². The maximum Gasteiger partial charge on any atom is 0.269 e. The quantitative estimate of drug-likeness (QED) is 0.586. The van der Waals surface area contributed by atoms with Gasteiger partial charge in [-0.2, -0.15) is 5.10 Å². The number of nitrogens with zero attached hydrogens (tertiary/aromatic N) is 2. The molecule has 0 unspecified atom stereocenters. The number of likely N-dealkylation sites (tertiary alicyclic amines) is 1. The molecule has 2 aliphatic rings. The number of hydrogen-bond acceptors (Lipinski definition) is 3. The molecular weight excluding hydrogens is 154 g/mol. The SMILES string of the molecule is CN1CC/C(=N\NC2CC2)C1=O. The topological polar surface area (TPSA) is 44.7 Å². The molecule has 1 heterocycles. The Morgan fingerprint density at radius 3 is 2.83 bits per heavy atom. The molecular formula is C8H13N3O. The van der Waals surface area contributed by atoms with Gasteiger partial charge in [0, 0.05) is 26.1 Å². The fraction of sp³-hybridized carbons (Fsp3) is 0.750. The highest BCUT2D eigenvalue weighted by molar-refractivity contribution is 6.40. The van der Waals surface area contributed by atoms with E-state index in [0.29, 0.717) is 11.8 Å². The summed E-state index contributed by atoms with van der Waals surface area (Å²) in [5.74, 6) is 0.0724. The van der Waals surface area contributed by atoms with Gasteiger partial charge in [-0.1, -0.05) is 0 Å². The number of hydrazone groups is 1. The maximum absolute atomic E-state index is 11.3. The molecule has 0 aromatic heterocycles. The van der Waals surface area contributed by atoms with Crippen molar-refractivity contribution in [2.45, 2.75) is 25.3 Å². The van der Waals surface area contributed by atoms with Crippen molar-refractivity contribution in [3.05, 3.63) is 0 Å². The molecule has 0 atom stereocenters. The normalized spacial score (nSPS) is 26.9. The molecule has 0 aromatic rings. The molecule has 2 rings (SSSR count). The van der Waals surface area contributed by atoms with Crippen molar-refractivity contribution in [1.29, 1.82) is 0 Å². The molecule has 2 fully saturated rings. The lowest BCUT2D eigenvalue weighted by Crippen LogP contribution is -2.24. The Hall–Kier alpha value is -1.06. The third-order valence-electron chi connectivity index (χ3n) is 2.24. The van der Waals surface area contributed by atoms with Crippen molar-refractivity contribution < 1.29 is 4.79 Å². The van der Waals surface area contributed by atoms with Crippen molar-refractivity contribution in [2.24, 2.45) is 5.10 Å². The molecule has 1 aliphatic carbocycles. The van der Waals surface area contributed by atoms with Gasteiger partial charge >= 0.3 is 0 Å². The number of amides is 1. The van der Waals surface area contributed by atoms with Crippen molar-refractivity contribution in [3.63, 3.8) is 0 Å². The zero-order valence-corrected chi connectivity index (χ0v) is 7.21. The molecule has 4 nitrogen and oxygen atoms in total.